The molecule has 0 aromatic heterocycles. The molecule has 0 saturated carbocycles. The monoisotopic (exact) mass is 326 g/mol. The maximum absolute atomic E-state index is 13.1. The lowest BCUT2D eigenvalue weighted by atomic mass is 10.4. The van der Waals surface area contributed by atoms with Gasteiger partial charge in [0.2, 0.25) is 9.84 Å². The predicted octanol–water partition coefficient (Wildman–Crippen LogP) is 3.89. The molecule has 0 fully saturated rings. The van der Waals surface area contributed by atoms with E-state index in [2.05, 4.69) is 11.6 Å². The summed E-state index contributed by atoms with van der Waals surface area (Å²) in [7, 11) is -5.26. The van der Waals surface area contributed by atoms with E-state index in [-0.39, 0.29) is 10.0 Å². The lowest BCUT2D eigenvalue weighted by Crippen LogP contribution is -2.35. The van der Waals surface area contributed by atoms with Crippen molar-refractivity contribution in [2.45, 2.75) is 15.8 Å². The molecule has 0 heterocycles. The van der Waals surface area contributed by atoms with Crippen LogP contribution in [0.15, 0.2) is 23.1 Å². The third-order valence-corrected chi connectivity index (χ3v) is 4.75. The fourth-order valence-corrected chi connectivity index (χ4v) is 2.70. The van der Waals surface area contributed by atoms with E-state index in [1.807, 2.05) is 0 Å². The smallest absolute Gasteiger partial charge is 0.222 e. The average Bonchev–Trinajstić information content (AvgIpc) is 2.21. The van der Waals surface area contributed by atoms with E-state index < -0.39 is 25.6 Å². The van der Waals surface area contributed by atoms with Crippen LogP contribution < -0.4 is 0 Å². The molecule has 0 saturated heterocycles. The van der Waals surface area contributed by atoms with Gasteiger partial charge in [-0.3, -0.25) is 0 Å². The van der Waals surface area contributed by atoms with Crippen molar-refractivity contribution in [2.24, 2.45) is 0 Å². The molecule has 0 spiro atoms. The number of halogens is 6. The Morgan fingerprint density at radius 1 is 1.18 bits per heavy atom. The topological polar surface area (TPSA) is 34.1 Å². The fraction of sp³-hybridized carbons (Fsp3) is 0.250. The predicted molar refractivity (Wildman–Crippen MR) is 59.3 cm³/mol. The van der Waals surface area contributed by atoms with Crippen molar-refractivity contribution in [3.05, 3.63) is 28.2 Å². The van der Waals surface area contributed by atoms with Crippen molar-refractivity contribution >= 4 is 44.6 Å². The molecule has 17 heavy (non-hydrogen) atoms. The van der Waals surface area contributed by atoms with Gasteiger partial charge in [-0.05, 0) is 18.2 Å². The molecule has 0 aliphatic carbocycles. The Balaban J connectivity index is 3.37. The number of hydrogen-bond acceptors (Lipinski definition) is 2. The molecular weight excluding hydrogens is 324 g/mol. The number of sulfone groups is 1. The van der Waals surface area contributed by atoms with Crippen LogP contribution in [0, 0.1) is 0 Å². The lowest BCUT2D eigenvalue weighted by Gasteiger charge is -2.16. The highest BCUT2D eigenvalue weighted by Crippen LogP contribution is 2.37. The molecule has 1 unspecified atom stereocenters. The quantitative estimate of drug-likeness (QED) is 0.789. The van der Waals surface area contributed by atoms with Gasteiger partial charge in [0.15, 0.2) is 0 Å². The zero-order valence-electron chi connectivity index (χ0n) is 7.80. The molecule has 1 aromatic rings. The van der Waals surface area contributed by atoms with Crippen LogP contribution in [0.3, 0.4) is 0 Å². The Labute approximate surface area is 110 Å². The second-order valence-electron chi connectivity index (χ2n) is 2.94. The highest BCUT2D eigenvalue weighted by molar-refractivity contribution is 7.92. The van der Waals surface area contributed by atoms with Gasteiger partial charge in [0.25, 0.3) is 5.63 Å². The zero-order valence-corrected chi connectivity index (χ0v) is 10.9. The van der Waals surface area contributed by atoms with Gasteiger partial charge in [-0.15, -0.1) is 0 Å². The van der Waals surface area contributed by atoms with E-state index >= 15 is 0 Å². The Morgan fingerprint density at radius 3 is 2.12 bits per heavy atom. The van der Waals surface area contributed by atoms with Crippen LogP contribution in [-0.4, -0.2) is 19.3 Å². The largest absolute Gasteiger partial charge is 0.393 e. The molecule has 0 bridgehead atoms. The Kier molecular flexibility index (Phi) is 4.24. The Morgan fingerprint density at radius 2 is 1.71 bits per heavy atom. The van der Waals surface area contributed by atoms with E-state index in [9.17, 15) is 21.6 Å². The summed E-state index contributed by atoms with van der Waals surface area (Å²) in [5.74, 6) is 0. The summed E-state index contributed by atoms with van der Waals surface area (Å²) in [5, 5.41) is -5.00. The van der Waals surface area contributed by atoms with Gasteiger partial charge < -0.3 is 0 Å². The van der Waals surface area contributed by atoms with Gasteiger partial charge in [-0.25, -0.2) is 12.8 Å². The second kappa shape index (κ2) is 4.84. The Hall–Kier alpha value is -0.170. The van der Waals surface area contributed by atoms with Crippen molar-refractivity contribution in [2.75, 3.05) is 0 Å². The van der Waals surface area contributed by atoms with E-state index in [1.54, 1.807) is 0 Å². The normalized spacial score (nSPS) is 14.7. The first-order chi connectivity index (χ1) is 7.60. The van der Waals surface area contributed by atoms with Gasteiger partial charge in [0, 0.05) is 0 Å². The van der Waals surface area contributed by atoms with Crippen LogP contribution in [0.5, 0.6) is 0 Å². The molecule has 1 aromatic carbocycles. The SMILES string of the molecule is O=S(=O)(c1ccc(Cl)c(Cl)c1)C(F)(F)C(F)Cl. The zero-order chi connectivity index (χ0) is 13.4. The number of hydrogen-bond donors (Lipinski definition) is 0. The summed E-state index contributed by atoms with van der Waals surface area (Å²) in [6.45, 7) is 0. The third-order valence-electron chi connectivity index (χ3n) is 1.81. The first-order valence-corrected chi connectivity index (χ1v) is 6.64. The van der Waals surface area contributed by atoms with Crippen molar-refractivity contribution in [1.82, 2.24) is 0 Å². The maximum Gasteiger partial charge on any atom is 0.393 e. The van der Waals surface area contributed by atoms with Gasteiger partial charge in [0.05, 0.1) is 14.9 Å². The lowest BCUT2D eigenvalue weighted by molar-refractivity contribution is 0.0423. The second-order valence-corrected chi connectivity index (χ2v) is 6.16. The summed E-state index contributed by atoms with van der Waals surface area (Å²) >= 11 is 15.5. The van der Waals surface area contributed by atoms with Crippen molar-refractivity contribution < 1.29 is 21.6 Å². The molecule has 9 heteroatoms. The number of rotatable bonds is 3. The maximum atomic E-state index is 13.1. The van der Waals surface area contributed by atoms with E-state index in [4.69, 9.17) is 23.2 Å². The third kappa shape index (κ3) is 2.65. The molecule has 0 radical (unpaired) electrons. The minimum atomic E-state index is -5.26. The summed E-state index contributed by atoms with van der Waals surface area (Å²) in [4.78, 5) is -0.861. The van der Waals surface area contributed by atoms with Crippen molar-refractivity contribution in [3.63, 3.8) is 0 Å². The van der Waals surface area contributed by atoms with Crippen LogP contribution in [-0.2, 0) is 9.84 Å². The van der Waals surface area contributed by atoms with Crippen LogP contribution in [0.1, 0.15) is 0 Å². The van der Waals surface area contributed by atoms with Gasteiger partial charge in [-0.1, -0.05) is 34.8 Å². The fourth-order valence-electron chi connectivity index (χ4n) is 0.918. The molecule has 0 amide bonds. The first-order valence-electron chi connectivity index (χ1n) is 3.96. The molecule has 0 N–H and O–H groups in total. The minimum Gasteiger partial charge on any atom is -0.222 e. The summed E-state index contributed by atoms with van der Waals surface area (Å²) in [6, 6.07) is 2.50. The average molecular weight is 328 g/mol. The van der Waals surface area contributed by atoms with Crippen molar-refractivity contribution in [3.8, 4) is 0 Å². The Bertz CT molecular complexity index is 531. The molecule has 0 aliphatic heterocycles. The van der Waals surface area contributed by atoms with E-state index in [0.717, 1.165) is 12.1 Å². The van der Waals surface area contributed by atoms with E-state index in [0.29, 0.717) is 6.07 Å². The van der Waals surface area contributed by atoms with Crippen molar-refractivity contribution in [1.29, 1.82) is 0 Å². The summed E-state index contributed by atoms with van der Waals surface area (Å²) in [6.07, 6.45) is 0. The highest BCUT2D eigenvalue weighted by atomic mass is 35.5. The first kappa shape index (κ1) is 14.9. The molecule has 96 valence electrons. The van der Waals surface area contributed by atoms with E-state index in [1.165, 1.54) is 0 Å². The summed E-state index contributed by atoms with van der Waals surface area (Å²) in [5.41, 5.74) is -3.36. The van der Waals surface area contributed by atoms with Crippen LogP contribution in [0.4, 0.5) is 13.2 Å². The molecular formula is C8H4Cl3F3O2S. The molecule has 2 nitrogen and oxygen atoms in total. The molecule has 1 atom stereocenters. The molecule has 1 rings (SSSR count). The van der Waals surface area contributed by atoms with Gasteiger partial charge in [0.1, 0.15) is 0 Å². The highest BCUT2D eigenvalue weighted by Gasteiger charge is 2.53. The van der Waals surface area contributed by atoms with Gasteiger partial charge >= 0.3 is 5.25 Å². The van der Waals surface area contributed by atoms with Crippen LogP contribution in [0.2, 0.25) is 10.0 Å². The number of alkyl halides is 4. The van der Waals surface area contributed by atoms with Crippen LogP contribution >= 0.6 is 34.8 Å². The van der Waals surface area contributed by atoms with Gasteiger partial charge in [-0.2, -0.15) is 8.78 Å². The standard InChI is InChI=1S/C8H4Cl3F3O2S/c9-5-2-1-4(3-6(5)10)17(15,16)8(13,14)7(11)12/h1-3,7H. The minimum absolute atomic E-state index is 0.0170. The summed E-state index contributed by atoms with van der Waals surface area (Å²) < 4.78 is 61.3. The number of benzene rings is 1. The molecule has 0 aliphatic rings. The van der Waals surface area contributed by atoms with Crippen LogP contribution in [0.25, 0.3) is 0 Å².